The van der Waals surface area contributed by atoms with Crippen molar-refractivity contribution in [1.82, 2.24) is 15.8 Å². The van der Waals surface area contributed by atoms with E-state index in [9.17, 15) is 10.1 Å². The van der Waals surface area contributed by atoms with E-state index in [2.05, 4.69) is 16.8 Å². The van der Waals surface area contributed by atoms with Gasteiger partial charge in [0.1, 0.15) is 6.17 Å². The van der Waals surface area contributed by atoms with E-state index in [4.69, 9.17) is 18.9 Å². The van der Waals surface area contributed by atoms with E-state index in [1.807, 2.05) is 23.2 Å². The number of fused-ring (bicyclic) bond motifs is 1. The molecule has 144 valence electrons. The van der Waals surface area contributed by atoms with Crippen molar-refractivity contribution in [2.45, 2.75) is 31.8 Å². The summed E-state index contributed by atoms with van der Waals surface area (Å²) in [5.41, 5.74) is 4.54. The topological polar surface area (TPSA) is 105 Å². The maximum atomic E-state index is 11.8. The van der Waals surface area contributed by atoms with Crippen molar-refractivity contribution in [3.05, 3.63) is 35.5 Å². The van der Waals surface area contributed by atoms with Crippen molar-refractivity contribution in [2.75, 3.05) is 20.8 Å². The lowest BCUT2D eigenvalue weighted by molar-refractivity contribution is -0.0547. The van der Waals surface area contributed by atoms with Crippen LogP contribution in [0.1, 0.15) is 24.9 Å². The Kier molecular flexibility index (Phi) is 5.69. The predicted octanol–water partition coefficient (Wildman–Crippen LogP) is 1.79. The molecule has 2 aliphatic heterocycles. The molecule has 9 nitrogen and oxygen atoms in total. The van der Waals surface area contributed by atoms with E-state index < -0.39 is 18.5 Å². The lowest BCUT2D eigenvalue weighted by Crippen LogP contribution is -2.59. The molecule has 3 atom stereocenters. The number of carbonyl (C=O) groups excluding carboxylic acids is 1. The fourth-order valence-corrected chi connectivity index (χ4v) is 3.25. The van der Waals surface area contributed by atoms with E-state index in [1.54, 1.807) is 27.3 Å². The first kappa shape index (κ1) is 18.8. The third-order valence-electron chi connectivity index (χ3n) is 4.48. The molecular weight excluding hydrogens is 352 g/mol. The Labute approximate surface area is 157 Å². The average molecular weight is 374 g/mol. The normalized spacial score (nSPS) is 24.1. The van der Waals surface area contributed by atoms with Crippen LogP contribution in [0.2, 0.25) is 0 Å². The maximum absolute atomic E-state index is 11.8. The molecule has 27 heavy (non-hydrogen) atoms. The number of rotatable bonds is 5. The fraction of sp³-hybridized carbons (Fsp3) is 0.444. The molecule has 0 spiro atoms. The standard InChI is InChI=1S/C18H22N4O5/c1-4-26-18(23)27-16-8-13(22-17(21-16)12(9-19)10-20-22)11-5-6-14(24-2)15(7-11)25-3/h5-7,10,13,16-17,20-21H,4,8H2,1-3H3. The quantitative estimate of drug-likeness (QED) is 0.746. The molecule has 0 saturated carbocycles. The summed E-state index contributed by atoms with van der Waals surface area (Å²) >= 11 is 0. The van der Waals surface area contributed by atoms with E-state index in [1.165, 1.54) is 0 Å². The summed E-state index contributed by atoms with van der Waals surface area (Å²) in [4.78, 5) is 11.8. The van der Waals surface area contributed by atoms with Crippen molar-refractivity contribution < 1.29 is 23.7 Å². The Morgan fingerprint density at radius 3 is 2.78 bits per heavy atom. The van der Waals surface area contributed by atoms with Crippen LogP contribution < -0.4 is 20.2 Å². The highest BCUT2D eigenvalue weighted by Crippen LogP contribution is 2.38. The number of nitrogens with one attached hydrogen (secondary N) is 2. The lowest BCUT2D eigenvalue weighted by Gasteiger charge is -2.41. The van der Waals surface area contributed by atoms with Crippen LogP contribution in [0.5, 0.6) is 11.5 Å². The number of benzene rings is 1. The van der Waals surface area contributed by atoms with Gasteiger partial charge in [-0.05, 0) is 24.6 Å². The van der Waals surface area contributed by atoms with Crippen molar-refractivity contribution >= 4 is 6.16 Å². The minimum atomic E-state index is -0.747. The van der Waals surface area contributed by atoms with Gasteiger partial charge in [0.2, 0.25) is 0 Å². The first-order valence-corrected chi connectivity index (χ1v) is 8.57. The Morgan fingerprint density at radius 2 is 2.11 bits per heavy atom. The predicted molar refractivity (Wildman–Crippen MR) is 94.4 cm³/mol. The van der Waals surface area contributed by atoms with Crippen molar-refractivity contribution in [2.24, 2.45) is 0 Å². The summed E-state index contributed by atoms with van der Waals surface area (Å²) in [6.07, 6.45) is 0.298. The van der Waals surface area contributed by atoms with Gasteiger partial charge in [0, 0.05) is 12.6 Å². The highest BCUT2D eigenvalue weighted by molar-refractivity contribution is 5.60. The van der Waals surface area contributed by atoms with Gasteiger partial charge in [-0.15, -0.1) is 0 Å². The van der Waals surface area contributed by atoms with Gasteiger partial charge in [0.05, 0.1) is 38.5 Å². The summed E-state index contributed by atoms with van der Waals surface area (Å²) in [6.45, 7) is 1.94. The molecule has 1 aromatic carbocycles. The maximum Gasteiger partial charge on any atom is 0.509 e. The second kappa shape index (κ2) is 8.16. The van der Waals surface area contributed by atoms with Crippen molar-refractivity contribution in [1.29, 1.82) is 5.26 Å². The molecule has 0 amide bonds. The lowest BCUT2D eigenvalue weighted by atomic mass is 9.98. The molecule has 1 fully saturated rings. The third kappa shape index (κ3) is 3.77. The molecule has 3 unspecified atom stereocenters. The van der Waals surface area contributed by atoms with Crippen LogP contribution in [0, 0.1) is 11.3 Å². The summed E-state index contributed by atoms with van der Waals surface area (Å²) in [7, 11) is 3.15. The number of carbonyl (C=O) groups is 1. The van der Waals surface area contributed by atoms with Gasteiger partial charge in [0.25, 0.3) is 0 Å². The number of methoxy groups -OCH3 is 2. The second-order valence-electron chi connectivity index (χ2n) is 5.97. The SMILES string of the molecule is CCOC(=O)OC1CC(c2ccc(OC)c(OC)c2)N2NC=C(C#N)C2N1. The number of hydrazine groups is 1. The number of nitriles is 1. The van der Waals surface area contributed by atoms with Crippen LogP contribution in [-0.2, 0) is 9.47 Å². The van der Waals surface area contributed by atoms with Gasteiger partial charge >= 0.3 is 6.16 Å². The monoisotopic (exact) mass is 374 g/mol. The van der Waals surface area contributed by atoms with Crippen LogP contribution in [0.4, 0.5) is 4.79 Å². The number of nitrogens with zero attached hydrogens (tertiary/aromatic N) is 2. The number of hydrogen-bond acceptors (Lipinski definition) is 9. The Bertz CT molecular complexity index is 776. The van der Waals surface area contributed by atoms with Gasteiger partial charge in [-0.3, -0.25) is 5.32 Å². The summed E-state index contributed by atoms with van der Waals surface area (Å²) < 4.78 is 20.9. The fourth-order valence-electron chi connectivity index (χ4n) is 3.25. The van der Waals surface area contributed by atoms with Gasteiger partial charge in [-0.2, -0.15) is 10.3 Å². The summed E-state index contributed by atoms with van der Waals surface area (Å²) in [6, 6.07) is 7.58. The Morgan fingerprint density at radius 1 is 1.33 bits per heavy atom. The molecule has 2 N–H and O–H groups in total. The zero-order chi connectivity index (χ0) is 19.4. The van der Waals surface area contributed by atoms with Crippen molar-refractivity contribution in [3.63, 3.8) is 0 Å². The second-order valence-corrected chi connectivity index (χ2v) is 5.97. The summed E-state index contributed by atoms with van der Waals surface area (Å²) in [5, 5.41) is 14.4. The molecule has 2 heterocycles. The molecular formula is C18H22N4O5. The number of hydrogen-bond donors (Lipinski definition) is 2. The molecule has 0 aromatic heterocycles. The van der Waals surface area contributed by atoms with Gasteiger partial charge in [-0.25, -0.2) is 4.79 Å². The Balaban J connectivity index is 1.88. The zero-order valence-corrected chi connectivity index (χ0v) is 15.4. The Hall–Kier alpha value is -2.96. The average Bonchev–Trinajstić information content (AvgIpc) is 3.10. The van der Waals surface area contributed by atoms with Gasteiger partial charge in [0.15, 0.2) is 17.7 Å². The van der Waals surface area contributed by atoms with Crippen LogP contribution in [0.3, 0.4) is 0 Å². The van der Waals surface area contributed by atoms with E-state index in [0.717, 1.165) is 5.56 Å². The molecule has 0 radical (unpaired) electrons. The number of ether oxygens (including phenoxy) is 4. The van der Waals surface area contributed by atoms with Crippen molar-refractivity contribution in [3.8, 4) is 17.6 Å². The van der Waals surface area contributed by atoms with E-state index in [-0.39, 0.29) is 12.6 Å². The minimum absolute atomic E-state index is 0.183. The zero-order valence-electron chi connectivity index (χ0n) is 15.4. The first-order valence-electron chi connectivity index (χ1n) is 8.57. The molecule has 9 heteroatoms. The van der Waals surface area contributed by atoms with Crippen LogP contribution in [-0.4, -0.2) is 44.4 Å². The molecule has 0 bridgehead atoms. The van der Waals surface area contributed by atoms with Gasteiger partial charge < -0.3 is 24.4 Å². The minimum Gasteiger partial charge on any atom is -0.493 e. The highest BCUT2D eigenvalue weighted by atomic mass is 16.7. The molecule has 1 saturated heterocycles. The molecule has 0 aliphatic carbocycles. The molecule has 1 aromatic rings. The van der Waals surface area contributed by atoms with Crippen LogP contribution in [0.15, 0.2) is 30.0 Å². The molecule has 3 rings (SSSR count). The highest BCUT2D eigenvalue weighted by Gasteiger charge is 2.42. The summed E-state index contributed by atoms with van der Waals surface area (Å²) in [5.74, 6) is 1.22. The molecule has 2 aliphatic rings. The van der Waals surface area contributed by atoms with E-state index in [0.29, 0.717) is 23.5 Å². The van der Waals surface area contributed by atoms with Crippen LogP contribution >= 0.6 is 0 Å². The van der Waals surface area contributed by atoms with Gasteiger partial charge in [-0.1, -0.05) is 6.07 Å². The third-order valence-corrected chi connectivity index (χ3v) is 4.48. The smallest absolute Gasteiger partial charge is 0.493 e. The first-order chi connectivity index (χ1) is 13.1. The van der Waals surface area contributed by atoms with Crippen LogP contribution in [0.25, 0.3) is 0 Å². The largest absolute Gasteiger partial charge is 0.509 e. The van der Waals surface area contributed by atoms with E-state index >= 15 is 0 Å².